The highest BCUT2D eigenvalue weighted by molar-refractivity contribution is 5.98. The highest BCUT2D eigenvalue weighted by Gasteiger charge is 2.21. The number of carbonyl (C=O) groups is 2. The molecule has 5 heteroatoms. The molecule has 22 heavy (non-hydrogen) atoms. The van der Waals surface area contributed by atoms with Gasteiger partial charge in [0.2, 0.25) is 5.91 Å². The Hall–Kier alpha value is -1.88. The highest BCUT2D eigenvalue weighted by Crippen LogP contribution is 2.19. The number of nitrogens with one attached hydrogen (secondary N) is 3. The topological polar surface area (TPSA) is 70.2 Å². The maximum absolute atomic E-state index is 12.3. The molecule has 120 valence electrons. The third-order valence-corrected chi connectivity index (χ3v) is 3.88. The second-order valence-corrected chi connectivity index (χ2v) is 6.17. The van der Waals surface area contributed by atoms with Crippen LogP contribution in [0.25, 0.3) is 0 Å². The molecule has 2 amide bonds. The molecule has 0 bridgehead atoms. The largest absolute Gasteiger partial charge is 0.350 e. The molecule has 0 aliphatic carbocycles. The van der Waals surface area contributed by atoms with Gasteiger partial charge in [0.1, 0.15) is 0 Å². The Morgan fingerprint density at radius 1 is 1.23 bits per heavy atom. The first-order valence-electron chi connectivity index (χ1n) is 7.90. The predicted molar refractivity (Wildman–Crippen MR) is 88.0 cm³/mol. The van der Waals surface area contributed by atoms with E-state index in [1.165, 1.54) is 0 Å². The van der Waals surface area contributed by atoms with Crippen molar-refractivity contribution >= 4 is 17.5 Å². The Morgan fingerprint density at radius 2 is 1.91 bits per heavy atom. The number of aryl methyl sites for hydroxylation is 1. The first-order valence-corrected chi connectivity index (χ1v) is 7.90. The molecular formula is C17H25N3O2. The molecule has 0 saturated carbocycles. The molecule has 1 aliphatic heterocycles. The average molecular weight is 303 g/mol. The van der Waals surface area contributed by atoms with E-state index in [0.29, 0.717) is 11.3 Å². The number of hydrogen-bond acceptors (Lipinski definition) is 3. The fourth-order valence-electron chi connectivity index (χ4n) is 2.61. The van der Waals surface area contributed by atoms with Gasteiger partial charge in [-0.25, -0.2) is 0 Å². The quantitative estimate of drug-likeness (QED) is 0.797. The van der Waals surface area contributed by atoms with Crippen LogP contribution in [0.2, 0.25) is 0 Å². The standard InChI is InChI=1S/C17H25N3O2/c1-11(2)19-17(22)15-10-14(5-4-12(15)3)20-16(21)13-6-8-18-9-7-13/h4-5,10-11,13,18H,6-9H2,1-3H3,(H,19,22)(H,20,21). The van der Waals surface area contributed by atoms with Gasteiger partial charge in [-0.05, 0) is 64.4 Å². The molecule has 0 aromatic heterocycles. The molecule has 1 aromatic rings. The number of benzene rings is 1. The Labute approximate surface area is 131 Å². The Balaban J connectivity index is 2.08. The van der Waals surface area contributed by atoms with Gasteiger partial charge in [0.15, 0.2) is 0 Å². The lowest BCUT2D eigenvalue weighted by atomic mass is 9.97. The van der Waals surface area contributed by atoms with Gasteiger partial charge in [0.05, 0.1) is 0 Å². The van der Waals surface area contributed by atoms with Crippen LogP contribution >= 0.6 is 0 Å². The predicted octanol–water partition coefficient (Wildman–Crippen LogP) is 2.07. The van der Waals surface area contributed by atoms with Gasteiger partial charge in [-0.2, -0.15) is 0 Å². The zero-order valence-electron chi connectivity index (χ0n) is 13.5. The van der Waals surface area contributed by atoms with E-state index < -0.39 is 0 Å². The molecule has 1 aliphatic rings. The fraction of sp³-hybridized carbons (Fsp3) is 0.529. The lowest BCUT2D eigenvalue weighted by molar-refractivity contribution is -0.120. The van der Waals surface area contributed by atoms with Crippen LogP contribution in [0.15, 0.2) is 18.2 Å². The number of carbonyl (C=O) groups excluding carboxylic acids is 2. The number of amides is 2. The summed E-state index contributed by atoms with van der Waals surface area (Å²) in [5.41, 5.74) is 2.19. The molecule has 5 nitrogen and oxygen atoms in total. The smallest absolute Gasteiger partial charge is 0.251 e. The molecule has 1 heterocycles. The SMILES string of the molecule is Cc1ccc(NC(=O)C2CCNCC2)cc1C(=O)NC(C)C. The fourth-order valence-corrected chi connectivity index (χ4v) is 2.61. The van der Waals surface area contributed by atoms with Crippen LogP contribution in [0.3, 0.4) is 0 Å². The van der Waals surface area contributed by atoms with Crippen molar-refractivity contribution in [3.05, 3.63) is 29.3 Å². The number of anilines is 1. The second kappa shape index (κ2) is 7.40. The van der Waals surface area contributed by atoms with E-state index in [2.05, 4.69) is 16.0 Å². The molecule has 1 fully saturated rings. The van der Waals surface area contributed by atoms with Crippen molar-refractivity contribution in [2.24, 2.45) is 5.92 Å². The lowest BCUT2D eigenvalue weighted by Crippen LogP contribution is -2.34. The highest BCUT2D eigenvalue weighted by atomic mass is 16.2. The maximum atomic E-state index is 12.3. The Morgan fingerprint density at radius 3 is 2.55 bits per heavy atom. The molecule has 0 unspecified atom stereocenters. The van der Waals surface area contributed by atoms with Gasteiger partial charge in [0.25, 0.3) is 5.91 Å². The van der Waals surface area contributed by atoms with Gasteiger partial charge in [-0.15, -0.1) is 0 Å². The minimum Gasteiger partial charge on any atom is -0.350 e. The van der Waals surface area contributed by atoms with Crippen LogP contribution < -0.4 is 16.0 Å². The van der Waals surface area contributed by atoms with Crippen LogP contribution in [-0.4, -0.2) is 30.9 Å². The van der Waals surface area contributed by atoms with Crippen molar-refractivity contribution in [2.45, 2.75) is 39.7 Å². The van der Waals surface area contributed by atoms with Gasteiger partial charge < -0.3 is 16.0 Å². The summed E-state index contributed by atoms with van der Waals surface area (Å²) in [6, 6.07) is 5.56. The number of piperidine rings is 1. The van der Waals surface area contributed by atoms with Crippen molar-refractivity contribution in [2.75, 3.05) is 18.4 Å². The van der Waals surface area contributed by atoms with Crippen LogP contribution in [0.4, 0.5) is 5.69 Å². The maximum Gasteiger partial charge on any atom is 0.251 e. The molecular weight excluding hydrogens is 278 g/mol. The normalized spacial score (nSPS) is 15.6. The average Bonchev–Trinajstić information content (AvgIpc) is 2.49. The van der Waals surface area contributed by atoms with E-state index in [1.54, 1.807) is 6.07 Å². The van der Waals surface area contributed by atoms with Crippen LogP contribution in [0.1, 0.15) is 42.6 Å². The van der Waals surface area contributed by atoms with E-state index in [1.807, 2.05) is 32.9 Å². The summed E-state index contributed by atoms with van der Waals surface area (Å²) in [7, 11) is 0. The monoisotopic (exact) mass is 303 g/mol. The third-order valence-electron chi connectivity index (χ3n) is 3.88. The van der Waals surface area contributed by atoms with Crippen molar-refractivity contribution in [3.63, 3.8) is 0 Å². The van der Waals surface area contributed by atoms with Gasteiger partial charge in [0, 0.05) is 23.2 Å². The van der Waals surface area contributed by atoms with Gasteiger partial charge >= 0.3 is 0 Å². The summed E-state index contributed by atoms with van der Waals surface area (Å²) in [5.74, 6) is -0.0125. The van der Waals surface area contributed by atoms with E-state index >= 15 is 0 Å². The van der Waals surface area contributed by atoms with Crippen molar-refractivity contribution in [3.8, 4) is 0 Å². The zero-order valence-corrected chi connectivity index (χ0v) is 13.5. The Kier molecular flexibility index (Phi) is 5.55. The summed E-state index contributed by atoms with van der Waals surface area (Å²) in [6.07, 6.45) is 1.72. The van der Waals surface area contributed by atoms with Crippen molar-refractivity contribution in [1.82, 2.24) is 10.6 Å². The van der Waals surface area contributed by atoms with Crippen LogP contribution in [-0.2, 0) is 4.79 Å². The summed E-state index contributed by atoms with van der Waals surface area (Å²) in [4.78, 5) is 24.5. The molecule has 1 aromatic carbocycles. The summed E-state index contributed by atoms with van der Waals surface area (Å²) >= 11 is 0. The molecule has 1 saturated heterocycles. The minimum atomic E-state index is -0.106. The molecule has 3 N–H and O–H groups in total. The van der Waals surface area contributed by atoms with Gasteiger partial charge in [-0.1, -0.05) is 6.07 Å². The molecule has 0 atom stereocenters. The lowest BCUT2D eigenvalue weighted by Gasteiger charge is -2.22. The van der Waals surface area contributed by atoms with Gasteiger partial charge in [-0.3, -0.25) is 9.59 Å². The van der Waals surface area contributed by atoms with Crippen molar-refractivity contribution < 1.29 is 9.59 Å². The Bertz CT molecular complexity index is 549. The van der Waals surface area contributed by atoms with E-state index in [4.69, 9.17) is 0 Å². The van der Waals surface area contributed by atoms with E-state index in [0.717, 1.165) is 31.5 Å². The number of rotatable bonds is 4. The molecule has 0 radical (unpaired) electrons. The first kappa shape index (κ1) is 16.5. The third kappa shape index (κ3) is 4.31. The summed E-state index contributed by atoms with van der Waals surface area (Å²) in [5, 5.41) is 9.07. The van der Waals surface area contributed by atoms with E-state index in [9.17, 15) is 9.59 Å². The number of hydrogen-bond donors (Lipinski definition) is 3. The summed E-state index contributed by atoms with van der Waals surface area (Å²) in [6.45, 7) is 7.52. The van der Waals surface area contributed by atoms with Crippen LogP contribution in [0.5, 0.6) is 0 Å². The van der Waals surface area contributed by atoms with Crippen LogP contribution in [0, 0.1) is 12.8 Å². The molecule has 2 rings (SSSR count). The van der Waals surface area contributed by atoms with E-state index in [-0.39, 0.29) is 23.8 Å². The summed E-state index contributed by atoms with van der Waals surface area (Å²) < 4.78 is 0. The minimum absolute atomic E-state index is 0.0422. The zero-order chi connectivity index (χ0) is 16.1. The second-order valence-electron chi connectivity index (χ2n) is 6.17. The van der Waals surface area contributed by atoms with Crippen molar-refractivity contribution in [1.29, 1.82) is 0 Å². The first-order chi connectivity index (χ1) is 10.5. The molecule has 0 spiro atoms.